The highest BCUT2D eigenvalue weighted by Gasteiger charge is 2.19. The van der Waals surface area contributed by atoms with Gasteiger partial charge in [-0.05, 0) is 24.8 Å². The number of carbonyl (C=O) groups is 1. The Balaban J connectivity index is 2.56. The van der Waals surface area contributed by atoms with Crippen molar-refractivity contribution in [1.29, 1.82) is 0 Å². The van der Waals surface area contributed by atoms with Crippen molar-refractivity contribution >= 4 is 5.78 Å². The predicted molar refractivity (Wildman–Crippen MR) is 46.2 cm³/mol. The SMILES string of the molecule is C=CC(=O)C1CC=CC(C)C1. The minimum absolute atomic E-state index is 0.196. The van der Waals surface area contributed by atoms with Crippen molar-refractivity contribution in [1.82, 2.24) is 0 Å². The van der Waals surface area contributed by atoms with Gasteiger partial charge in [-0.3, -0.25) is 4.79 Å². The van der Waals surface area contributed by atoms with E-state index in [0.717, 1.165) is 12.8 Å². The molecule has 1 heteroatoms. The lowest BCUT2D eigenvalue weighted by Gasteiger charge is -2.19. The first-order chi connectivity index (χ1) is 5.24. The number of ketones is 1. The number of allylic oxidation sites excluding steroid dienone is 3. The van der Waals surface area contributed by atoms with Crippen LogP contribution in [0.1, 0.15) is 19.8 Å². The zero-order chi connectivity index (χ0) is 8.27. The second kappa shape index (κ2) is 3.51. The minimum atomic E-state index is 0.196. The quantitative estimate of drug-likeness (QED) is 0.436. The van der Waals surface area contributed by atoms with Crippen molar-refractivity contribution in [2.75, 3.05) is 0 Å². The molecule has 1 nitrogen and oxygen atoms in total. The van der Waals surface area contributed by atoms with E-state index in [1.807, 2.05) is 0 Å². The summed E-state index contributed by atoms with van der Waals surface area (Å²) in [5.74, 6) is 0.950. The zero-order valence-corrected chi connectivity index (χ0v) is 6.92. The standard InChI is InChI=1S/C10H14O/c1-3-10(11)9-6-4-5-8(2)7-9/h3-5,8-9H,1,6-7H2,2H3. The van der Waals surface area contributed by atoms with Crippen LogP contribution in [0.4, 0.5) is 0 Å². The molecule has 1 rings (SSSR count). The molecule has 0 aromatic rings. The summed E-state index contributed by atoms with van der Waals surface area (Å²) in [6.07, 6.45) is 7.60. The van der Waals surface area contributed by atoms with Crippen LogP contribution in [0.2, 0.25) is 0 Å². The third kappa shape index (κ3) is 2.04. The fourth-order valence-electron chi connectivity index (χ4n) is 1.50. The first kappa shape index (κ1) is 8.25. The molecule has 0 amide bonds. The molecule has 0 bridgehead atoms. The van der Waals surface area contributed by atoms with Gasteiger partial charge in [0.1, 0.15) is 0 Å². The topological polar surface area (TPSA) is 17.1 Å². The summed E-state index contributed by atoms with van der Waals surface area (Å²) in [6.45, 7) is 5.63. The third-order valence-corrected chi connectivity index (χ3v) is 2.15. The lowest BCUT2D eigenvalue weighted by molar-refractivity contribution is -0.118. The summed E-state index contributed by atoms with van der Waals surface area (Å²) >= 11 is 0. The number of hydrogen-bond donors (Lipinski definition) is 0. The van der Waals surface area contributed by atoms with E-state index in [4.69, 9.17) is 0 Å². The van der Waals surface area contributed by atoms with Gasteiger partial charge in [0.05, 0.1) is 0 Å². The fourth-order valence-corrected chi connectivity index (χ4v) is 1.50. The smallest absolute Gasteiger partial charge is 0.158 e. The molecule has 0 N–H and O–H groups in total. The van der Waals surface area contributed by atoms with Gasteiger partial charge in [-0.25, -0.2) is 0 Å². The van der Waals surface area contributed by atoms with Crippen LogP contribution >= 0.6 is 0 Å². The van der Waals surface area contributed by atoms with Gasteiger partial charge in [0.15, 0.2) is 5.78 Å². The van der Waals surface area contributed by atoms with E-state index in [1.54, 1.807) is 0 Å². The monoisotopic (exact) mass is 150 g/mol. The molecule has 0 fully saturated rings. The van der Waals surface area contributed by atoms with Crippen LogP contribution in [0, 0.1) is 11.8 Å². The molecule has 0 saturated carbocycles. The Bertz CT molecular complexity index is 191. The maximum atomic E-state index is 11.2. The molecule has 0 heterocycles. The largest absolute Gasteiger partial charge is 0.295 e. The Hall–Kier alpha value is -0.850. The Labute approximate surface area is 67.8 Å². The van der Waals surface area contributed by atoms with E-state index in [9.17, 15) is 4.79 Å². The summed E-state index contributed by atoms with van der Waals surface area (Å²) in [7, 11) is 0. The first-order valence-electron chi connectivity index (χ1n) is 4.07. The van der Waals surface area contributed by atoms with Gasteiger partial charge in [-0.2, -0.15) is 0 Å². The van der Waals surface area contributed by atoms with Gasteiger partial charge < -0.3 is 0 Å². The molecule has 0 aromatic heterocycles. The van der Waals surface area contributed by atoms with E-state index in [1.165, 1.54) is 6.08 Å². The second-order valence-electron chi connectivity index (χ2n) is 3.18. The van der Waals surface area contributed by atoms with E-state index < -0.39 is 0 Å². The molecule has 2 unspecified atom stereocenters. The third-order valence-electron chi connectivity index (χ3n) is 2.15. The Morgan fingerprint density at radius 3 is 3.00 bits per heavy atom. The van der Waals surface area contributed by atoms with Gasteiger partial charge in [0, 0.05) is 5.92 Å². The summed E-state index contributed by atoms with van der Waals surface area (Å²) in [5, 5.41) is 0. The van der Waals surface area contributed by atoms with Crippen molar-refractivity contribution < 1.29 is 4.79 Å². The molecule has 0 aliphatic heterocycles. The highest BCUT2D eigenvalue weighted by Crippen LogP contribution is 2.23. The first-order valence-corrected chi connectivity index (χ1v) is 4.07. The average Bonchev–Trinajstić information content (AvgIpc) is 2.03. The highest BCUT2D eigenvalue weighted by molar-refractivity contribution is 5.91. The van der Waals surface area contributed by atoms with Gasteiger partial charge in [-0.15, -0.1) is 0 Å². The highest BCUT2D eigenvalue weighted by atomic mass is 16.1. The van der Waals surface area contributed by atoms with Crippen LogP contribution in [0.3, 0.4) is 0 Å². The molecule has 0 spiro atoms. The van der Waals surface area contributed by atoms with Gasteiger partial charge in [0.25, 0.3) is 0 Å². The molecule has 0 radical (unpaired) electrons. The molecule has 1 aliphatic carbocycles. The summed E-state index contributed by atoms with van der Waals surface area (Å²) in [5.41, 5.74) is 0. The molecular formula is C10H14O. The van der Waals surface area contributed by atoms with Crippen molar-refractivity contribution in [2.24, 2.45) is 11.8 Å². The second-order valence-corrected chi connectivity index (χ2v) is 3.18. The van der Waals surface area contributed by atoms with Gasteiger partial charge in [-0.1, -0.05) is 25.7 Å². The lowest BCUT2D eigenvalue weighted by atomic mass is 9.85. The molecule has 0 aromatic carbocycles. The molecule has 2 atom stereocenters. The van der Waals surface area contributed by atoms with E-state index in [-0.39, 0.29) is 11.7 Å². The van der Waals surface area contributed by atoms with E-state index in [0.29, 0.717) is 5.92 Å². The number of carbonyl (C=O) groups excluding carboxylic acids is 1. The molecule has 11 heavy (non-hydrogen) atoms. The van der Waals surface area contributed by atoms with E-state index >= 15 is 0 Å². The Kier molecular flexibility index (Phi) is 2.64. The number of hydrogen-bond acceptors (Lipinski definition) is 1. The van der Waals surface area contributed by atoms with Gasteiger partial charge in [0.2, 0.25) is 0 Å². The van der Waals surface area contributed by atoms with Crippen molar-refractivity contribution in [3.05, 3.63) is 24.8 Å². The zero-order valence-electron chi connectivity index (χ0n) is 6.92. The minimum Gasteiger partial charge on any atom is -0.295 e. The summed E-state index contributed by atoms with van der Waals surface area (Å²) in [6, 6.07) is 0. The van der Waals surface area contributed by atoms with Crippen LogP contribution in [0.15, 0.2) is 24.8 Å². The molecular weight excluding hydrogens is 136 g/mol. The maximum absolute atomic E-state index is 11.2. The molecule has 60 valence electrons. The normalized spacial score (nSPS) is 29.9. The maximum Gasteiger partial charge on any atom is 0.158 e. The van der Waals surface area contributed by atoms with Crippen LogP contribution in [0.25, 0.3) is 0 Å². The van der Waals surface area contributed by atoms with E-state index in [2.05, 4.69) is 25.7 Å². The number of rotatable bonds is 2. The van der Waals surface area contributed by atoms with Crippen LogP contribution in [-0.4, -0.2) is 5.78 Å². The molecule has 1 aliphatic rings. The Morgan fingerprint density at radius 1 is 1.73 bits per heavy atom. The van der Waals surface area contributed by atoms with Crippen LogP contribution < -0.4 is 0 Å². The van der Waals surface area contributed by atoms with Crippen LogP contribution in [-0.2, 0) is 4.79 Å². The summed E-state index contributed by atoms with van der Waals surface area (Å²) in [4.78, 5) is 11.2. The Morgan fingerprint density at radius 2 is 2.45 bits per heavy atom. The van der Waals surface area contributed by atoms with Crippen molar-refractivity contribution in [2.45, 2.75) is 19.8 Å². The van der Waals surface area contributed by atoms with Crippen molar-refractivity contribution in [3.63, 3.8) is 0 Å². The molecule has 0 saturated heterocycles. The van der Waals surface area contributed by atoms with Crippen LogP contribution in [0.5, 0.6) is 0 Å². The summed E-state index contributed by atoms with van der Waals surface area (Å²) < 4.78 is 0. The van der Waals surface area contributed by atoms with Crippen molar-refractivity contribution in [3.8, 4) is 0 Å². The average molecular weight is 150 g/mol. The fraction of sp³-hybridized carbons (Fsp3) is 0.500. The lowest BCUT2D eigenvalue weighted by Crippen LogP contribution is -2.16. The van der Waals surface area contributed by atoms with Gasteiger partial charge >= 0.3 is 0 Å². The predicted octanol–water partition coefficient (Wildman–Crippen LogP) is 2.34.